The van der Waals surface area contributed by atoms with Crippen LogP contribution in [0.15, 0.2) is 24.4 Å². The lowest BCUT2D eigenvalue weighted by Gasteiger charge is -2.30. The number of hydrogen-bond donors (Lipinski definition) is 1. The van der Waals surface area contributed by atoms with E-state index in [0.29, 0.717) is 6.04 Å². The average molecular weight is 329 g/mol. The molecule has 3 rings (SSSR count). The molecule has 0 saturated carbocycles. The van der Waals surface area contributed by atoms with E-state index in [0.717, 1.165) is 57.1 Å². The highest BCUT2D eigenvalue weighted by atomic mass is 15.5. The largest absolute Gasteiger partial charge is 0.317 e. The van der Waals surface area contributed by atoms with Crippen molar-refractivity contribution in [2.24, 2.45) is 0 Å². The molecule has 2 aromatic rings. The smallest absolute Gasteiger partial charge is 0.165 e. The maximum atomic E-state index is 4.51. The van der Waals surface area contributed by atoms with Gasteiger partial charge in [0.1, 0.15) is 0 Å². The number of nitrogens with one attached hydrogen (secondary N) is 1. The third kappa shape index (κ3) is 4.58. The van der Waals surface area contributed by atoms with Gasteiger partial charge in [0, 0.05) is 25.3 Å². The summed E-state index contributed by atoms with van der Waals surface area (Å²) in [5.41, 5.74) is 1.10. The van der Waals surface area contributed by atoms with Crippen LogP contribution in [-0.2, 0) is 19.6 Å². The Balaban J connectivity index is 1.76. The van der Waals surface area contributed by atoms with Crippen molar-refractivity contribution in [1.29, 1.82) is 0 Å². The summed E-state index contributed by atoms with van der Waals surface area (Å²) in [6.45, 7) is 6.81. The van der Waals surface area contributed by atoms with Gasteiger partial charge in [0.15, 0.2) is 5.82 Å². The van der Waals surface area contributed by atoms with E-state index in [1.807, 2.05) is 16.9 Å². The van der Waals surface area contributed by atoms with Crippen molar-refractivity contribution in [3.63, 3.8) is 0 Å². The molecule has 2 aromatic heterocycles. The van der Waals surface area contributed by atoms with Gasteiger partial charge in [0.2, 0.25) is 0 Å². The molecule has 1 unspecified atom stereocenters. The van der Waals surface area contributed by atoms with E-state index in [-0.39, 0.29) is 0 Å². The lowest BCUT2D eigenvalue weighted by atomic mass is 10.1. The summed E-state index contributed by atoms with van der Waals surface area (Å²) < 4.78 is 1.93. The third-order valence-corrected chi connectivity index (χ3v) is 4.54. The van der Waals surface area contributed by atoms with E-state index in [4.69, 9.17) is 0 Å². The highest BCUT2D eigenvalue weighted by Crippen LogP contribution is 2.18. The molecule has 7 nitrogen and oxygen atoms in total. The molecule has 0 radical (unpaired) electrons. The molecule has 1 aliphatic rings. The Morgan fingerprint density at radius 1 is 1.25 bits per heavy atom. The predicted molar refractivity (Wildman–Crippen MR) is 92.1 cm³/mol. The number of aryl methyl sites for hydroxylation is 1. The van der Waals surface area contributed by atoms with E-state index in [9.17, 15) is 0 Å². The van der Waals surface area contributed by atoms with Gasteiger partial charge in [-0.15, -0.1) is 5.10 Å². The molecule has 1 atom stereocenters. The van der Waals surface area contributed by atoms with Gasteiger partial charge < -0.3 is 5.32 Å². The van der Waals surface area contributed by atoms with Crippen molar-refractivity contribution in [3.05, 3.63) is 35.9 Å². The summed E-state index contributed by atoms with van der Waals surface area (Å²) in [5, 5.41) is 15.8. The third-order valence-electron chi connectivity index (χ3n) is 4.54. The minimum Gasteiger partial charge on any atom is -0.317 e. The summed E-state index contributed by atoms with van der Waals surface area (Å²) in [7, 11) is 0. The minimum absolute atomic E-state index is 0.536. The quantitative estimate of drug-likeness (QED) is 0.832. The SMILES string of the molecule is CCCn1nnnc1CN(Cc1ccccn1)C1CCCNCC1. The van der Waals surface area contributed by atoms with Crippen LogP contribution in [0.5, 0.6) is 0 Å². The van der Waals surface area contributed by atoms with E-state index < -0.39 is 0 Å². The zero-order valence-corrected chi connectivity index (χ0v) is 14.4. The van der Waals surface area contributed by atoms with Crippen LogP contribution >= 0.6 is 0 Å². The molecular weight excluding hydrogens is 302 g/mol. The van der Waals surface area contributed by atoms with Gasteiger partial charge in [-0.2, -0.15) is 0 Å². The molecule has 3 heterocycles. The fourth-order valence-corrected chi connectivity index (χ4v) is 3.28. The molecule has 1 N–H and O–H groups in total. The Bertz CT molecular complexity index is 590. The zero-order chi connectivity index (χ0) is 16.6. The first-order chi connectivity index (χ1) is 11.9. The highest BCUT2D eigenvalue weighted by Gasteiger charge is 2.23. The fourth-order valence-electron chi connectivity index (χ4n) is 3.28. The van der Waals surface area contributed by atoms with Crippen LogP contribution in [0, 0.1) is 0 Å². The average Bonchev–Trinajstić information content (AvgIpc) is 2.86. The summed E-state index contributed by atoms with van der Waals surface area (Å²) >= 11 is 0. The normalized spacial score (nSPS) is 18.7. The summed E-state index contributed by atoms with van der Waals surface area (Å²) in [4.78, 5) is 7.00. The Morgan fingerprint density at radius 2 is 2.21 bits per heavy atom. The molecule has 0 amide bonds. The van der Waals surface area contributed by atoms with E-state index >= 15 is 0 Å². The molecule has 0 aromatic carbocycles. The lowest BCUT2D eigenvalue weighted by Crippen LogP contribution is -2.36. The van der Waals surface area contributed by atoms with Gasteiger partial charge in [0.25, 0.3) is 0 Å². The van der Waals surface area contributed by atoms with E-state index in [1.54, 1.807) is 0 Å². The highest BCUT2D eigenvalue weighted by molar-refractivity contribution is 5.04. The second-order valence-electron chi connectivity index (χ2n) is 6.38. The van der Waals surface area contributed by atoms with Gasteiger partial charge in [-0.25, -0.2) is 4.68 Å². The summed E-state index contributed by atoms with van der Waals surface area (Å²) in [5.74, 6) is 0.949. The zero-order valence-electron chi connectivity index (χ0n) is 14.4. The van der Waals surface area contributed by atoms with E-state index in [1.165, 1.54) is 12.8 Å². The Hall–Kier alpha value is -1.86. The number of tetrazole rings is 1. The monoisotopic (exact) mass is 329 g/mol. The van der Waals surface area contributed by atoms with Crippen molar-refractivity contribution in [1.82, 2.24) is 35.4 Å². The van der Waals surface area contributed by atoms with Crippen molar-refractivity contribution in [2.75, 3.05) is 13.1 Å². The van der Waals surface area contributed by atoms with Gasteiger partial charge >= 0.3 is 0 Å². The number of nitrogens with zero attached hydrogens (tertiary/aromatic N) is 6. The maximum Gasteiger partial charge on any atom is 0.165 e. The van der Waals surface area contributed by atoms with Crippen LogP contribution in [0.25, 0.3) is 0 Å². The molecule has 1 saturated heterocycles. The van der Waals surface area contributed by atoms with Crippen molar-refractivity contribution < 1.29 is 0 Å². The number of rotatable bonds is 7. The van der Waals surface area contributed by atoms with Crippen LogP contribution in [0.4, 0.5) is 0 Å². The van der Waals surface area contributed by atoms with Gasteiger partial charge in [0.05, 0.1) is 12.2 Å². The van der Waals surface area contributed by atoms with Gasteiger partial charge in [-0.05, 0) is 61.3 Å². The number of pyridine rings is 1. The summed E-state index contributed by atoms with van der Waals surface area (Å²) in [6.07, 6.45) is 6.47. The van der Waals surface area contributed by atoms with Crippen LogP contribution in [0.3, 0.4) is 0 Å². The van der Waals surface area contributed by atoms with Crippen LogP contribution in [0.1, 0.15) is 44.1 Å². The van der Waals surface area contributed by atoms with E-state index in [2.05, 4.69) is 49.8 Å². The van der Waals surface area contributed by atoms with Crippen molar-refractivity contribution >= 4 is 0 Å². The standard InChI is InChI=1S/C17H27N7/c1-2-12-24-17(20-21-22-24)14-23(13-15-6-3-4-10-19-15)16-7-5-9-18-11-8-16/h3-4,6,10,16,18H,2,5,7-9,11-14H2,1H3. The summed E-state index contributed by atoms with van der Waals surface area (Å²) in [6, 6.07) is 6.65. The Morgan fingerprint density at radius 3 is 3.04 bits per heavy atom. The van der Waals surface area contributed by atoms with Gasteiger partial charge in [-0.3, -0.25) is 9.88 Å². The van der Waals surface area contributed by atoms with Gasteiger partial charge in [-0.1, -0.05) is 13.0 Å². The first kappa shape index (κ1) is 17.0. The maximum absolute atomic E-state index is 4.51. The Labute approximate surface area is 143 Å². The van der Waals surface area contributed by atoms with Crippen LogP contribution in [-0.4, -0.2) is 49.2 Å². The lowest BCUT2D eigenvalue weighted by molar-refractivity contribution is 0.155. The fraction of sp³-hybridized carbons (Fsp3) is 0.647. The Kier molecular flexibility index (Phi) is 6.26. The molecule has 0 bridgehead atoms. The molecule has 7 heteroatoms. The second-order valence-corrected chi connectivity index (χ2v) is 6.38. The second kappa shape index (κ2) is 8.84. The molecule has 1 aliphatic heterocycles. The van der Waals surface area contributed by atoms with Crippen LogP contribution < -0.4 is 5.32 Å². The topological polar surface area (TPSA) is 71.8 Å². The van der Waals surface area contributed by atoms with Crippen molar-refractivity contribution in [3.8, 4) is 0 Å². The minimum atomic E-state index is 0.536. The first-order valence-electron chi connectivity index (χ1n) is 8.96. The number of aromatic nitrogens is 5. The molecule has 0 spiro atoms. The number of hydrogen-bond acceptors (Lipinski definition) is 6. The molecular formula is C17H27N7. The van der Waals surface area contributed by atoms with Crippen molar-refractivity contribution in [2.45, 2.75) is 58.3 Å². The predicted octanol–water partition coefficient (Wildman–Crippen LogP) is 1.62. The molecule has 24 heavy (non-hydrogen) atoms. The molecule has 130 valence electrons. The van der Waals surface area contributed by atoms with Crippen LogP contribution in [0.2, 0.25) is 0 Å². The molecule has 1 fully saturated rings. The first-order valence-corrected chi connectivity index (χ1v) is 8.96. The molecule has 0 aliphatic carbocycles.